The van der Waals surface area contributed by atoms with Crippen molar-refractivity contribution in [2.45, 2.75) is 39.7 Å². The van der Waals surface area contributed by atoms with Gasteiger partial charge in [0.05, 0.1) is 13.3 Å². The first-order valence-corrected chi connectivity index (χ1v) is 8.84. The van der Waals surface area contributed by atoms with Gasteiger partial charge in [-0.1, -0.05) is 0 Å². The molecule has 7 nitrogen and oxygen atoms in total. The molecule has 3 rings (SSSR count). The molecule has 0 saturated heterocycles. The number of hydrogen-bond acceptors (Lipinski definition) is 5. The highest BCUT2D eigenvalue weighted by molar-refractivity contribution is 5.90. The third-order valence-electron chi connectivity index (χ3n) is 4.52. The molecule has 0 bridgehead atoms. The molecule has 1 aromatic carbocycles. The van der Waals surface area contributed by atoms with Crippen LogP contribution in [0.25, 0.3) is 11.0 Å². The van der Waals surface area contributed by atoms with Crippen LogP contribution in [-0.2, 0) is 11.2 Å². The SMILES string of the molecule is COc1ccc2c(C)c(CCC(=O)Nc3ccnn3C(C)C)c(=O)oc2c1. The Balaban J connectivity index is 1.77. The number of carbonyl (C=O) groups excluding carboxylic acids is 1. The van der Waals surface area contributed by atoms with Crippen LogP contribution in [-0.4, -0.2) is 22.8 Å². The number of carbonyl (C=O) groups is 1. The minimum absolute atomic E-state index is 0.141. The zero-order valence-electron chi connectivity index (χ0n) is 15.9. The molecule has 0 aliphatic heterocycles. The van der Waals surface area contributed by atoms with Crippen LogP contribution in [0.3, 0.4) is 0 Å². The van der Waals surface area contributed by atoms with Crippen LogP contribution in [0.5, 0.6) is 5.75 Å². The largest absolute Gasteiger partial charge is 0.497 e. The van der Waals surface area contributed by atoms with E-state index >= 15 is 0 Å². The molecular formula is C20H23N3O4. The smallest absolute Gasteiger partial charge is 0.339 e. The summed E-state index contributed by atoms with van der Waals surface area (Å²) in [7, 11) is 1.56. The lowest BCUT2D eigenvalue weighted by Gasteiger charge is -2.12. The summed E-state index contributed by atoms with van der Waals surface area (Å²) in [5, 5.41) is 7.87. The highest BCUT2D eigenvalue weighted by atomic mass is 16.5. The predicted octanol–water partition coefficient (Wildman–Crippen LogP) is 3.46. The first kappa shape index (κ1) is 18.7. The zero-order chi connectivity index (χ0) is 19.6. The van der Waals surface area contributed by atoms with E-state index in [1.54, 1.807) is 30.1 Å². The standard InChI is InChI=1S/C20H23N3O4/c1-12(2)23-18(9-10-21-23)22-19(24)8-7-16-13(3)15-6-5-14(26-4)11-17(15)27-20(16)25/h5-6,9-12H,7-8H2,1-4H3,(H,22,24). The number of ether oxygens (including phenoxy) is 1. The normalized spacial score (nSPS) is 11.1. The van der Waals surface area contributed by atoms with Gasteiger partial charge in [0.2, 0.25) is 5.91 Å². The Morgan fingerprint density at radius 1 is 1.33 bits per heavy atom. The van der Waals surface area contributed by atoms with Crippen molar-refractivity contribution in [2.24, 2.45) is 0 Å². The molecule has 2 aromatic heterocycles. The van der Waals surface area contributed by atoms with Crippen LogP contribution in [0, 0.1) is 6.92 Å². The lowest BCUT2D eigenvalue weighted by molar-refractivity contribution is -0.116. The van der Waals surface area contributed by atoms with E-state index in [1.165, 1.54) is 0 Å². The van der Waals surface area contributed by atoms with Gasteiger partial charge < -0.3 is 14.5 Å². The van der Waals surface area contributed by atoms with E-state index in [9.17, 15) is 9.59 Å². The lowest BCUT2D eigenvalue weighted by Crippen LogP contribution is -2.19. The zero-order valence-corrected chi connectivity index (χ0v) is 15.9. The Bertz CT molecular complexity index is 1030. The second-order valence-electron chi connectivity index (χ2n) is 6.66. The quantitative estimate of drug-likeness (QED) is 0.673. The second kappa shape index (κ2) is 7.65. The van der Waals surface area contributed by atoms with Gasteiger partial charge in [0.25, 0.3) is 0 Å². The average molecular weight is 369 g/mol. The van der Waals surface area contributed by atoms with Gasteiger partial charge in [0, 0.05) is 35.5 Å². The van der Waals surface area contributed by atoms with Crippen molar-refractivity contribution in [3.63, 3.8) is 0 Å². The number of amides is 1. The maximum atomic E-state index is 12.4. The number of benzene rings is 1. The summed E-state index contributed by atoms with van der Waals surface area (Å²) in [6.45, 7) is 5.84. The van der Waals surface area contributed by atoms with Crippen LogP contribution in [0.15, 0.2) is 39.7 Å². The summed E-state index contributed by atoms with van der Waals surface area (Å²) in [6, 6.07) is 7.26. The van der Waals surface area contributed by atoms with Crippen molar-refractivity contribution in [3.05, 3.63) is 52.0 Å². The van der Waals surface area contributed by atoms with E-state index in [-0.39, 0.29) is 18.4 Å². The van der Waals surface area contributed by atoms with Crippen molar-refractivity contribution < 1.29 is 13.9 Å². The number of fused-ring (bicyclic) bond motifs is 1. The number of hydrogen-bond donors (Lipinski definition) is 1. The van der Waals surface area contributed by atoms with Gasteiger partial charge >= 0.3 is 5.63 Å². The molecule has 0 aliphatic rings. The van der Waals surface area contributed by atoms with Gasteiger partial charge in [0.15, 0.2) is 0 Å². The van der Waals surface area contributed by atoms with Crippen molar-refractivity contribution in [1.29, 1.82) is 0 Å². The Morgan fingerprint density at radius 3 is 2.81 bits per heavy atom. The number of nitrogens with one attached hydrogen (secondary N) is 1. The maximum Gasteiger partial charge on any atom is 0.339 e. The maximum absolute atomic E-state index is 12.4. The Hall–Kier alpha value is -3.09. The summed E-state index contributed by atoms with van der Waals surface area (Å²) in [4.78, 5) is 24.7. The second-order valence-corrected chi connectivity index (χ2v) is 6.66. The molecule has 1 N–H and O–H groups in total. The molecule has 0 fully saturated rings. The summed E-state index contributed by atoms with van der Waals surface area (Å²) in [5.74, 6) is 1.09. The first-order valence-electron chi connectivity index (χ1n) is 8.84. The van der Waals surface area contributed by atoms with Gasteiger partial charge in [-0.3, -0.25) is 4.79 Å². The van der Waals surface area contributed by atoms with Gasteiger partial charge in [-0.25, -0.2) is 9.48 Å². The lowest BCUT2D eigenvalue weighted by atomic mass is 10.0. The number of aryl methyl sites for hydroxylation is 1. The van der Waals surface area contributed by atoms with E-state index in [1.807, 2.05) is 32.9 Å². The van der Waals surface area contributed by atoms with E-state index in [0.29, 0.717) is 29.1 Å². The summed E-state index contributed by atoms with van der Waals surface area (Å²) >= 11 is 0. The molecule has 27 heavy (non-hydrogen) atoms. The highest BCUT2D eigenvalue weighted by Crippen LogP contribution is 2.24. The number of nitrogens with zero attached hydrogens (tertiary/aromatic N) is 2. The monoisotopic (exact) mass is 369 g/mol. The third-order valence-corrected chi connectivity index (χ3v) is 4.52. The van der Waals surface area contributed by atoms with Gasteiger partial charge in [-0.05, 0) is 44.9 Å². The van der Waals surface area contributed by atoms with Crippen LogP contribution >= 0.6 is 0 Å². The highest BCUT2D eigenvalue weighted by Gasteiger charge is 2.15. The van der Waals surface area contributed by atoms with Crippen molar-refractivity contribution in [1.82, 2.24) is 9.78 Å². The Morgan fingerprint density at radius 2 is 2.11 bits per heavy atom. The number of rotatable bonds is 6. The van der Waals surface area contributed by atoms with Crippen LogP contribution < -0.4 is 15.7 Å². The summed E-state index contributed by atoms with van der Waals surface area (Å²) < 4.78 is 12.3. The molecule has 1 amide bonds. The first-order chi connectivity index (χ1) is 12.9. The summed E-state index contributed by atoms with van der Waals surface area (Å²) in [6.07, 6.45) is 2.13. The fourth-order valence-electron chi connectivity index (χ4n) is 3.06. The van der Waals surface area contributed by atoms with Crippen LogP contribution in [0.4, 0.5) is 5.82 Å². The van der Waals surface area contributed by atoms with E-state index in [4.69, 9.17) is 9.15 Å². The average Bonchev–Trinajstić information content (AvgIpc) is 3.09. The predicted molar refractivity (Wildman–Crippen MR) is 103 cm³/mol. The molecule has 0 saturated carbocycles. The molecule has 0 aliphatic carbocycles. The van der Waals surface area contributed by atoms with Crippen molar-refractivity contribution in [2.75, 3.05) is 12.4 Å². The van der Waals surface area contributed by atoms with Gasteiger partial charge in [-0.2, -0.15) is 5.10 Å². The molecule has 142 valence electrons. The Labute approximate surface area is 156 Å². The summed E-state index contributed by atoms with van der Waals surface area (Å²) in [5.41, 5.74) is 1.39. The van der Waals surface area contributed by atoms with Crippen LogP contribution in [0.1, 0.15) is 37.4 Å². The van der Waals surface area contributed by atoms with Crippen molar-refractivity contribution in [3.8, 4) is 5.75 Å². The number of methoxy groups -OCH3 is 1. The van der Waals surface area contributed by atoms with Crippen LogP contribution in [0.2, 0.25) is 0 Å². The van der Waals surface area contributed by atoms with Crippen molar-refractivity contribution >= 4 is 22.7 Å². The molecule has 0 unspecified atom stereocenters. The molecule has 0 spiro atoms. The van der Waals surface area contributed by atoms with E-state index < -0.39 is 5.63 Å². The fraction of sp³-hybridized carbons (Fsp3) is 0.350. The Kier molecular flexibility index (Phi) is 5.30. The molecule has 0 atom stereocenters. The molecule has 2 heterocycles. The van der Waals surface area contributed by atoms with Gasteiger partial charge in [0.1, 0.15) is 17.2 Å². The van der Waals surface area contributed by atoms with E-state index in [2.05, 4.69) is 10.4 Å². The number of aromatic nitrogens is 2. The molecule has 0 radical (unpaired) electrons. The molecule has 7 heteroatoms. The fourth-order valence-corrected chi connectivity index (χ4v) is 3.06. The van der Waals surface area contributed by atoms with E-state index in [0.717, 1.165) is 10.9 Å². The molecule has 3 aromatic rings. The topological polar surface area (TPSA) is 86.4 Å². The number of anilines is 1. The third kappa shape index (κ3) is 3.86. The minimum atomic E-state index is -0.423. The van der Waals surface area contributed by atoms with Gasteiger partial charge in [-0.15, -0.1) is 0 Å². The minimum Gasteiger partial charge on any atom is -0.497 e. The molecular weight excluding hydrogens is 346 g/mol.